The van der Waals surface area contributed by atoms with Crippen LogP contribution in [0.1, 0.15) is 12.2 Å². The molecule has 0 bridgehead atoms. The highest BCUT2D eigenvalue weighted by Crippen LogP contribution is 2.38. The van der Waals surface area contributed by atoms with Crippen LogP contribution in [0, 0.1) is 5.82 Å². The van der Waals surface area contributed by atoms with E-state index < -0.39 is 0 Å². The molecule has 0 saturated heterocycles. The number of carbonyl (C=O) groups excluding carboxylic acids is 1. The summed E-state index contributed by atoms with van der Waals surface area (Å²) >= 11 is 0. The van der Waals surface area contributed by atoms with Crippen LogP contribution in [0.5, 0.6) is 5.75 Å². The molecule has 226 valence electrons. The number of carbonyl (C=O) groups is 1. The summed E-state index contributed by atoms with van der Waals surface area (Å²) in [5, 5.41) is 6.13. The Labute approximate surface area is 251 Å². The number of imidazole rings is 1. The van der Waals surface area contributed by atoms with Crippen LogP contribution in [-0.2, 0) is 11.2 Å². The zero-order chi connectivity index (χ0) is 30.9. The first kappa shape index (κ1) is 31.1. The molecule has 2 heterocycles. The van der Waals surface area contributed by atoms with E-state index in [1.54, 1.807) is 37.6 Å². The van der Waals surface area contributed by atoms with Gasteiger partial charge in [0.2, 0.25) is 11.9 Å². The van der Waals surface area contributed by atoms with Crippen molar-refractivity contribution < 1.29 is 13.9 Å². The van der Waals surface area contributed by atoms with E-state index in [2.05, 4.69) is 32.1 Å². The Bertz CT molecular complexity index is 1550. The predicted octanol–water partition coefficient (Wildman–Crippen LogP) is 4.44. The topological polar surface area (TPSA) is 137 Å². The summed E-state index contributed by atoms with van der Waals surface area (Å²) in [4.78, 5) is 33.8. The number of benzene rings is 2. The second kappa shape index (κ2) is 14.4. The number of H-pyrrole nitrogens is 1. The van der Waals surface area contributed by atoms with Gasteiger partial charge >= 0.3 is 0 Å². The molecule has 0 saturated carbocycles. The number of halogens is 1. The van der Waals surface area contributed by atoms with Crippen molar-refractivity contribution in [2.75, 3.05) is 63.4 Å². The van der Waals surface area contributed by atoms with Crippen LogP contribution in [0.15, 0.2) is 61.3 Å². The average molecular weight is 588 g/mol. The number of aromatic nitrogens is 4. The summed E-state index contributed by atoms with van der Waals surface area (Å²) in [6.45, 7) is 5.65. The first-order chi connectivity index (χ1) is 20.7. The van der Waals surface area contributed by atoms with E-state index in [1.807, 2.05) is 32.1 Å². The van der Waals surface area contributed by atoms with Gasteiger partial charge in [-0.2, -0.15) is 0 Å². The van der Waals surface area contributed by atoms with Gasteiger partial charge in [-0.15, -0.1) is 0 Å². The first-order valence-electron chi connectivity index (χ1n) is 13.9. The Hall–Kier alpha value is -4.81. The lowest BCUT2D eigenvalue weighted by molar-refractivity contribution is -0.111. The highest BCUT2D eigenvalue weighted by molar-refractivity contribution is 6.02. The molecule has 12 heteroatoms. The van der Waals surface area contributed by atoms with E-state index in [0.717, 1.165) is 36.6 Å². The van der Waals surface area contributed by atoms with Crippen LogP contribution in [0.25, 0.3) is 22.6 Å². The van der Waals surface area contributed by atoms with Gasteiger partial charge in [0.15, 0.2) is 0 Å². The lowest BCUT2D eigenvalue weighted by atomic mass is 10.1. The number of rotatable bonds is 14. The third-order valence-corrected chi connectivity index (χ3v) is 6.70. The quantitative estimate of drug-likeness (QED) is 0.158. The Morgan fingerprint density at radius 3 is 2.56 bits per heavy atom. The molecule has 0 fully saturated rings. The largest absolute Gasteiger partial charge is 0.494 e. The van der Waals surface area contributed by atoms with E-state index in [-0.39, 0.29) is 11.7 Å². The number of aromatic amines is 1. The zero-order valence-corrected chi connectivity index (χ0v) is 24.9. The zero-order valence-electron chi connectivity index (χ0n) is 24.9. The molecule has 0 aliphatic carbocycles. The van der Waals surface area contributed by atoms with Crippen LogP contribution >= 0.6 is 0 Å². The van der Waals surface area contributed by atoms with Gasteiger partial charge < -0.3 is 35.9 Å². The van der Waals surface area contributed by atoms with Gasteiger partial charge in [0.25, 0.3) is 0 Å². The minimum atomic E-state index is -0.338. The van der Waals surface area contributed by atoms with E-state index in [4.69, 9.17) is 20.4 Å². The van der Waals surface area contributed by atoms with Crippen LogP contribution in [0.4, 0.5) is 27.4 Å². The summed E-state index contributed by atoms with van der Waals surface area (Å²) in [5.41, 5.74) is 10.3. The summed E-state index contributed by atoms with van der Waals surface area (Å²) in [7, 11) is 7.53. The van der Waals surface area contributed by atoms with Crippen LogP contribution in [-0.4, -0.2) is 78.6 Å². The molecule has 4 aromatic rings. The lowest BCUT2D eigenvalue weighted by Crippen LogP contribution is -2.29. The Kier molecular flexibility index (Phi) is 10.4. The van der Waals surface area contributed by atoms with Gasteiger partial charge in [-0.3, -0.25) is 4.79 Å². The minimum absolute atomic E-state index is 0.300. The third-order valence-electron chi connectivity index (χ3n) is 6.70. The maximum absolute atomic E-state index is 13.7. The molecule has 0 aliphatic heterocycles. The fourth-order valence-electron chi connectivity index (χ4n) is 4.40. The van der Waals surface area contributed by atoms with Gasteiger partial charge in [-0.05, 0) is 69.5 Å². The summed E-state index contributed by atoms with van der Waals surface area (Å²) in [6, 6.07) is 11.6. The van der Waals surface area contributed by atoms with Crippen molar-refractivity contribution >= 4 is 28.9 Å². The minimum Gasteiger partial charge on any atom is -0.494 e. The Balaban J connectivity index is 1.72. The number of methoxy groups -OCH3 is 1. The highest BCUT2D eigenvalue weighted by Gasteiger charge is 2.19. The summed E-state index contributed by atoms with van der Waals surface area (Å²) < 4.78 is 19.4. The number of likely N-dealkylation sites (N-methyl/N-ethyl adjacent to an activating group) is 2. The van der Waals surface area contributed by atoms with Gasteiger partial charge in [0.05, 0.1) is 41.3 Å². The standard InChI is InChI=1S/C31H38FN9O2/c1-6-28(42)35-23-18-24(26(43-5)19-25(23)41(4)17-16-40(2)3)37-31-34-15-13-22(36-31)30-29(20-9-11-21(32)12-10-20)38-27(39-30)8-7-14-33/h6,9-13,15,18-19H,1,7-8,14,16-17,33H2,2-5H3,(H,35,42)(H,38,39)(H,34,36,37). The highest BCUT2D eigenvalue weighted by atomic mass is 19.1. The summed E-state index contributed by atoms with van der Waals surface area (Å²) in [6.07, 6.45) is 4.28. The Morgan fingerprint density at radius 2 is 1.88 bits per heavy atom. The van der Waals surface area contributed by atoms with E-state index in [0.29, 0.717) is 53.1 Å². The van der Waals surface area contributed by atoms with Crippen molar-refractivity contribution in [1.82, 2.24) is 24.8 Å². The molecule has 43 heavy (non-hydrogen) atoms. The normalized spacial score (nSPS) is 11.0. The molecular formula is C31H38FN9O2. The summed E-state index contributed by atoms with van der Waals surface area (Å²) in [5.74, 6) is 0.926. The number of nitrogens with one attached hydrogen (secondary N) is 3. The molecule has 11 nitrogen and oxygen atoms in total. The molecule has 0 radical (unpaired) electrons. The van der Waals surface area contributed by atoms with Crippen LogP contribution in [0.3, 0.4) is 0 Å². The van der Waals surface area contributed by atoms with Crippen molar-refractivity contribution in [3.05, 3.63) is 73.0 Å². The molecule has 0 spiro atoms. The Morgan fingerprint density at radius 1 is 1.12 bits per heavy atom. The fraction of sp³-hybridized carbons (Fsp3) is 0.290. The van der Waals surface area contributed by atoms with Gasteiger partial charge in [-0.1, -0.05) is 6.58 Å². The van der Waals surface area contributed by atoms with Crippen LogP contribution < -0.4 is 26.0 Å². The number of nitrogens with zero attached hydrogens (tertiary/aromatic N) is 5. The van der Waals surface area contributed by atoms with E-state index >= 15 is 0 Å². The number of ether oxygens (including phenoxy) is 1. The molecular weight excluding hydrogens is 549 g/mol. The van der Waals surface area contributed by atoms with Crippen molar-refractivity contribution in [3.63, 3.8) is 0 Å². The average Bonchev–Trinajstić information content (AvgIpc) is 3.43. The first-order valence-corrected chi connectivity index (χ1v) is 13.9. The predicted molar refractivity (Wildman–Crippen MR) is 169 cm³/mol. The molecule has 2 aromatic heterocycles. The maximum Gasteiger partial charge on any atom is 0.247 e. The van der Waals surface area contributed by atoms with E-state index in [1.165, 1.54) is 18.2 Å². The van der Waals surface area contributed by atoms with Gasteiger partial charge in [0.1, 0.15) is 17.4 Å². The van der Waals surface area contributed by atoms with Crippen LogP contribution in [0.2, 0.25) is 0 Å². The van der Waals surface area contributed by atoms with Gasteiger partial charge in [-0.25, -0.2) is 19.3 Å². The molecule has 2 aromatic carbocycles. The SMILES string of the molecule is C=CC(=O)Nc1cc(Nc2nccc(-c3[nH]c(CCCN)nc3-c3ccc(F)cc3)n2)c(OC)cc1N(C)CCN(C)C. The maximum atomic E-state index is 13.7. The van der Waals surface area contributed by atoms with E-state index in [9.17, 15) is 9.18 Å². The monoisotopic (exact) mass is 587 g/mol. The second-order valence-electron chi connectivity index (χ2n) is 10.2. The van der Waals surface area contributed by atoms with Crippen molar-refractivity contribution in [2.45, 2.75) is 12.8 Å². The fourth-order valence-corrected chi connectivity index (χ4v) is 4.40. The molecule has 5 N–H and O–H groups in total. The second-order valence-corrected chi connectivity index (χ2v) is 10.2. The number of anilines is 4. The molecule has 1 amide bonds. The third kappa shape index (κ3) is 7.93. The van der Waals surface area contributed by atoms with Crippen molar-refractivity contribution in [2.24, 2.45) is 5.73 Å². The number of amides is 1. The lowest BCUT2D eigenvalue weighted by Gasteiger charge is -2.26. The molecule has 0 unspecified atom stereocenters. The molecule has 0 aliphatic rings. The number of hydrogen-bond donors (Lipinski definition) is 4. The van der Waals surface area contributed by atoms with Crippen molar-refractivity contribution in [1.29, 1.82) is 0 Å². The van der Waals surface area contributed by atoms with Crippen molar-refractivity contribution in [3.8, 4) is 28.4 Å². The number of hydrogen-bond acceptors (Lipinski definition) is 9. The smallest absolute Gasteiger partial charge is 0.247 e. The number of aryl methyl sites for hydroxylation is 1. The van der Waals surface area contributed by atoms with Gasteiger partial charge in [0, 0.05) is 44.4 Å². The number of nitrogens with two attached hydrogens (primary N) is 1. The molecule has 0 atom stereocenters. The molecule has 4 rings (SSSR count).